The van der Waals surface area contributed by atoms with Crippen LogP contribution in [0, 0.1) is 0 Å². The lowest BCUT2D eigenvalue weighted by Gasteiger charge is -2.23. The van der Waals surface area contributed by atoms with Gasteiger partial charge in [-0.3, -0.25) is 4.90 Å². The van der Waals surface area contributed by atoms with Crippen LogP contribution in [0.4, 0.5) is 0 Å². The molecule has 2 rings (SSSR count). The smallest absolute Gasteiger partial charge is 0.335 e. The fourth-order valence-electron chi connectivity index (χ4n) is 2.60. The minimum Gasteiger partial charge on any atom is -0.478 e. The van der Waals surface area contributed by atoms with Gasteiger partial charge in [-0.1, -0.05) is 19.1 Å². The number of rotatable bonds is 4. The maximum atomic E-state index is 10.9. The quantitative estimate of drug-likeness (QED) is 0.869. The monoisotopic (exact) mass is 233 g/mol. The van der Waals surface area contributed by atoms with Crippen molar-refractivity contribution in [2.75, 3.05) is 6.54 Å². The topological polar surface area (TPSA) is 40.5 Å². The molecule has 0 aliphatic carbocycles. The van der Waals surface area contributed by atoms with Gasteiger partial charge in [0, 0.05) is 12.6 Å². The van der Waals surface area contributed by atoms with E-state index in [0.717, 1.165) is 18.7 Å². The van der Waals surface area contributed by atoms with E-state index in [2.05, 4.69) is 11.8 Å². The first-order valence-corrected chi connectivity index (χ1v) is 6.27. The van der Waals surface area contributed by atoms with Gasteiger partial charge in [-0.2, -0.15) is 0 Å². The van der Waals surface area contributed by atoms with Gasteiger partial charge in [-0.15, -0.1) is 0 Å². The van der Waals surface area contributed by atoms with Gasteiger partial charge in [0.15, 0.2) is 0 Å². The number of benzene rings is 1. The fraction of sp³-hybridized carbons (Fsp3) is 0.500. The number of likely N-dealkylation sites (tertiary alicyclic amines) is 1. The van der Waals surface area contributed by atoms with Crippen molar-refractivity contribution in [3.8, 4) is 0 Å². The van der Waals surface area contributed by atoms with E-state index in [1.54, 1.807) is 12.1 Å². The molecule has 1 fully saturated rings. The number of hydrogen-bond donors (Lipinski definition) is 1. The van der Waals surface area contributed by atoms with Gasteiger partial charge in [0.05, 0.1) is 5.56 Å². The van der Waals surface area contributed by atoms with E-state index in [9.17, 15) is 4.79 Å². The Balaban J connectivity index is 2.07. The van der Waals surface area contributed by atoms with Crippen LogP contribution in [0.2, 0.25) is 0 Å². The molecule has 1 aliphatic rings. The normalized spacial score (nSPS) is 20.6. The molecular weight excluding hydrogens is 214 g/mol. The van der Waals surface area contributed by atoms with Crippen LogP contribution in [0.1, 0.15) is 42.1 Å². The van der Waals surface area contributed by atoms with Crippen molar-refractivity contribution in [1.29, 1.82) is 0 Å². The third-order valence-electron chi connectivity index (χ3n) is 3.53. The largest absolute Gasteiger partial charge is 0.478 e. The van der Waals surface area contributed by atoms with Crippen LogP contribution in [-0.2, 0) is 6.54 Å². The first-order valence-electron chi connectivity index (χ1n) is 6.27. The van der Waals surface area contributed by atoms with Crippen LogP contribution in [0.3, 0.4) is 0 Å². The number of carboxylic acid groups (broad SMARTS) is 1. The average molecular weight is 233 g/mol. The Hall–Kier alpha value is -1.35. The third-order valence-corrected chi connectivity index (χ3v) is 3.53. The van der Waals surface area contributed by atoms with E-state index in [1.807, 2.05) is 12.1 Å². The molecule has 3 nitrogen and oxygen atoms in total. The summed E-state index contributed by atoms with van der Waals surface area (Å²) in [4.78, 5) is 13.4. The van der Waals surface area contributed by atoms with Crippen molar-refractivity contribution in [1.82, 2.24) is 4.90 Å². The summed E-state index contributed by atoms with van der Waals surface area (Å²) < 4.78 is 0. The van der Waals surface area contributed by atoms with E-state index in [1.165, 1.54) is 19.3 Å². The predicted molar refractivity (Wildman–Crippen MR) is 67.1 cm³/mol. The first-order chi connectivity index (χ1) is 8.20. The van der Waals surface area contributed by atoms with Crippen molar-refractivity contribution >= 4 is 5.97 Å². The SMILES string of the molecule is CCC1CCCN1Cc1cccc(C(=O)O)c1. The van der Waals surface area contributed by atoms with Gasteiger partial charge in [0.25, 0.3) is 0 Å². The number of carboxylic acids is 1. The summed E-state index contributed by atoms with van der Waals surface area (Å²) in [5.74, 6) is -0.847. The zero-order valence-electron chi connectivity index (χ0n) is 10.2. The Morgan fingerprint density at radius 3 is 3.06 bits per heavy atom. The van der Waals surface area contributed by atoms with Gasteiger partial charge in [0.2, 0.25) is 0 Å². The maximum absolute atomic E-state index is 10.9. The molecule has 1 aliphatic heterocycles. The number of aromatic carboxylic acids is 1. The van der Waals surface area contributed by atoms with Crippen molar-refractivity contribution in [2.45, 2.75) is 38.8 Å². The number of carbonyl (C=O) groups is 1. The summed E-state index contributed by atoms with van der Waals surface area (Å²) >= 11 is 0. The van der Waals surface area contributed by atoms with E-state index >= 15 is 0 Å². The summed E-state index contributed by atoms with van der Waals surface area (Å²) in [6.07, 6.45) is 3.71. The second kappa shape index (κ2) is 5.32. The van der Waals surface area contributed by atoms with Crippen LogP contribution >= 0.6 is 0 Å². The van der Waals surface area contributed by atoms with Crippen molar-refractivity contribution in [3.05, 3.63) is 35.4 Å². The Labute approximate surface area is 102 Å². The zero-order valence-corrected chi connectivity index (χ0v) is 10.2. The van der Waals surface area contributed by atoms with Crippen molar-refractivity contribution < 1.29 is 9.90 Å². The highest BCUT2D eigenvalue weighted by molar-refractivity contribution is 5.87. The summed E-state index contributed by atoms with van der Waals surface area (Å²) in [5, 5.41) is 8.95. The molecule has 1 atom stereocenters. The minimum atomic E-state index is -0.847. The van der Waals surface area contributed by atoms with E-state index in [0.29, 0.717) is 11.6 Å². The second-order valence-electron chi connectivity index (χ2n) is 4.68. The molecule has 1 N–H and O–H groups in total. The van der Waals surface area contributed by atoms with Crippen LogP contribution in [0.25, 0.3) is 0 Å². The molecule has 0 radical (unpaired) electrons. The molecule has 1 heterocycles. The van der Waals surface area contributed by atoms with Crippen LogP contribution in [0.5, 0.6) is 0 Å². The molecule has 1 unspecified atom stereocenters. The van der Waals surface area contributed by atoms with Crippen LogP contribution in [-0.4, -0.2) is 28.6 Å². The lowest BCUT2D eigenvalue weighted by atomic mass is 10.1. The molecule has 17 heavy (non-hydrogen) atoms. The van der Waals surface area contributed by atoms with Crippen molar-refractivity contribution in [2.24, 2.45) is 0 Å². The third kappa shape index (κ3) is 2.86. The van der Waals surface area contributed by atoms with Gasteiger partial charge >= 0.3 is 5.97 Å². The molecule has 1 aromatic rings. The Morgan fingerprint density at radius 2 is 2.35 bits per heavy atom. The van der Waals surface area contributed by atoms with Gasteiger partial charge in [0.1, 0.15) is 0 Å². The van der Waals surface area contributed by atoms with E-state index in [-0.39, 0.29) is 0 Å². The first kappa shape index (κ1) is 12.1. The van der Waals surface area contributed by atoms with Gasteiger partial charge in [-0.05, 0) is 43.5 Å². The fourth-order valence-corrected chi connectivity index (χ4v) is 2.60. The molecule has 1 aromatic carbocycles. The highest BCUT2D eigenvalue weighted by Gasteiger charge is 2.22. The molecule has 0 bridgehead atoms. The molecule has 1 saturated heterocycles. The van der Waals surface area contributed by atoms with E-state index in [4.69, 9.17) is 5.11 Å². The molecule has 3 heteroatoms. The molecule has 0 amide bonds. The van der Waals surface area contributed by atoms with Gasteiger partial charge in [-0.25, -0.2) is 4.79 Å². The Bertz CT molecular complexity index is 403. The molecule has 0 spiro atoms. The van der Waals surface area contributed by atoms with E-state index < -0.39 is 5.97 Å². The standard InChI is InChI=1S/C14H19NO2/c1-2-13-7-4-8-15(13)10-11-5-3-6-12(9-11)14(16)17/h3,5-6,9,13H,2,4,7-8,10H2,1H3,(H,16,17). The maximum Gasteiger partial charge on any atom is 0.335 e. The zero-order chi connectivity index (χ0) is 12.3. The highest BCUT2D eigenvalue weighted by atomic mass is 16.4. The molecule has 0 saturated carbocycles. The Morgan fingerprint density at radius 1 is 1.53 bits per heavy atom. The summed E-state index contributed by atoms with van der Waals surface area (Å²) in [5.41, 5.74) is 1.49. The number of hydrogen-bond acceptors (Lipinski definition) is 2. The number of nitrogens with zero attached hydrogens (tertiary/aromatic N) is 1. The highest BCUT2D eigenvalue weighted by Crippen LogP contribution is 2.22. The van der Waals surface area contributed by atoms with Crippen molar-refractivity contribution in [3.63, 3.8) is 0 Å². The second-order valence-corrected chi connectivity index (χ2v) is 4.68. The lowest BCUT2D eigenvalue weighted by molar-refractivity contribution is 0.0696. The summed E-state index contributed by atoms with van der Waals surface area (Å²) in [6.45, 7) is 4.23. The van der Waals surface area contributed by atoms with Crippen LogP contribution in [0.15, 0.2) is 24.3 Å². The summed E-state index contributed by atoms with van der Waals surface area (Å²) in [7, 11) is 0. The summed E-state index contributed by atoms with van der Waals surface area (Å²) in [6, 6.07) is 7.94. The molecule has 0 aromatic heterocycles. The lowest BCUT2D eigenvalue weighted by Crippen LogP contribution is -2.28. The Kier molecular flexibility index (Phi) is 3.79. The molecular formula is C14H19NO2. The van der Waals surface area contributed by atoms with Gasteiger partial charge < -0.3 is 5.11 Å². The molecule has 92 valence electrons. The predicted octanol–water partition coefficient (Wildman–Crippen LogP) is 2.76. The minimum absolute atomic E-state index is 0.384. The average Bonchev–Trinajstić information content (AvgIpc) is 2.76. The van der Waals surface area contributed by atoms with Crippen LogP contribution < -0.4 is 0 Å².